The van der Waals surface area contributed by atoms with E-state index in [2.05, 4.69) is 41.7 Å². The van der Waals surface area contributed by atoms with Crippen LogP contribution in [0.4, 0.5) is 5.69 Å². The number of anilines is 1. The average Bonchev–Trinajstić information content (AvgIpc) is 2.53. The molecule has 0 radical (unpaired) electrons. The summed E-state index contributed by atoms with van der Waals surface area (Å²) in [5, 5.41) is 14.7. The fourth-order valence-corrected chi connectivity index (χ4v) is 2.66. The molecule has 21 heavy (non-hydrogen) atoms. The van der Waals surface area contributed by atoms with Crippen molar-refractivity contribution >= 4 is 27.5 Å². The van der Waals surface area contributed by atoms with E-state index in [1.165, 1.54) is 16.5 Å². The number of pyridine rings is 1. The van der Waals surface area contributed by atoms with Gasteiger partial charge in [-0.2, -0.15) is 0 Å². The van der Waals surface area contributed by atoms with E-state index < -0.39 is 0 Å². The fraction of sp³-hybridized carbons (Fsp3) is 0.278. The van der Waals surface area contributed by atoms with Gasteiger partial charge in [-0.1, -0.05) is 36.4 Å². The Balaban J connectivity index is 1.96. The number of fused-ring (bicyclic) bond motifs is 2. The molecule has 0 aliphatic carbocycles. The number of nitrogens with one attached hydrogen (secondary N) is 1. The van der Waals surface area contributed by atoms with Crippen molar-refractivity contribution in [3.63, 3.8) is 0 Å². The van der Waals surface area contributed by atoms with Gasteiger partial charge in [-0.3, -0.25) is 0 Å². The van der Waals surface area contributed by atoms with Crippen LogP contribution in [0.15, 0.2) is 48.5 Å². The molecule has 1 aromatic heterocycles. The fourth-order valence-electron chi connectivity index (χ4n) is 2.66. The van der Waals surface area contributed by atoms with E-state index in [-0.39, 0.29) is 6.61 Å². The lowest BCUT2D eigenvalue weighted by atomic mass is 10.1. The van der Waals surface area contributed by atoms with E-state index >= 15 is 0 Å². The number of nitrogens with zero attached hydrogens (tertiary/aromatic N) is 1. The van der Waals surface area contributed by atoms with Crippen molar-refractivity contribution in [1.29, 1.82) is 0 Å². The zero-order valence-corrected chi connectivity index (χ0v) is 12.0. The van der Waals surface area contributed by atoms with Crippen LogP contribution in [0, 0.1) is 0 Å². The number of hydrogen-bond donors (Lipinski definition) is 2. The maximum atomic E-state index is 8.84. The molecule has 0 spiro atoms. The molecule has 3 heteroatoms. The van der Waals surface area contributed by atoms with Crippen LogP contribution in [0.1, 0.15) is 19.3 Å². The third-order valence-corrected chi connectivity index (χ3v) is 3.72. The smallest absolute Gasteiger partial charge is 0.0730 e. The lowest BCUT2D eigenvalue weighted by Gasteiger charge is -2.13. The van der Waals surface area contributed by atoms with Gasteiger partial charge in [-0.25, -0.2) is 4.98 Å². The number of aliphatic hydroxyl groups excluding tert-OH is 1. The average molecular weight is 280 g/mol. The SMILES string of the molecule is OCCCCCNc1c2ccccc2nc2ccccc12. The lowest BCUT2D eigenvalue weighted by Crippen LogP contribution is -2.03. The Labute approximate surface area is 124 Å². The maximum Gasteiger partial charge on any atom is 0.0730 e. The first kappa shape index (κ1) is 13.8. The predicted octanol–water partition coefficient (Wildman–Crippen LogP) is 3.96. The predicted molar refractivity (Wildman–Crippen MR) is 88.7 cm³/mol. The van der Waals surface area contributed by atoms with E-state index in [1.807, 2.05) is 12.1 Å². The number of rotatable bonds is 6. The summed E-state index contributed by atoms with van der Waals surface area (Å²) in [5.74, 6) is 0. The van der Waals surface area contributed by atoms with Crippen molar-refractivity contribution in [2.24, 2.45) is 0 Å². The summed E-state index contributed by atoms with van der Waals surface area (Å²) in [6.07, 6.45) is 2.98. The van der Waals surface area contributed by atoms with Gasteiger partial charge in [0, 0.05) is 23.9 Å². The van der Waals surface area contributed by atoms with Gasteiger partial charge < -0.3 is 10.4 Å². The topological polar surface area (TPSA) is 45.1 Å². The van der Waals surface area contributed by atoms with Crippen molar-refractivity contribution in [2.75, 3.05) is 18.5 Å². The monoisotopic (exact) mass is 280 g/mol. The number of benzene rings is 2. The van der Waals surface area contributed by atoms with Crippen LogP contribution < -0.4 is 5.32 Å². The summed E-state index contributed by atoms with van der Waals surface area (Å²) < 4.78 is 0. The summed E-state index contributed by atoms with van der Waals surface area (Å²) in [7, 11) is 0. The molecule has 0 atom stereocenters. The van der Waals surface area contributed by atoms with Crippen LogP contribution in [0.5, 0.6) is 0 Å². The van der Waals surface area contributed by atoms with Crippen molar-refractivity contribution in [3.05, 3.63) is 48.5 Å². The van der Waals surface area contributed by atoms with Gasteiger partial charge in [-0.05, 0) is 31.4 Å². The number of hydrogen-bond acceptors (Lipinski definition) is 3. The van der Waals surface area contributed by atoms with Crippen LogP contribution in [-0.4, -0.2) is 23.2 Å². The van der Waals surface area contributed by atoms with Crippen LogP contribution in [0.2, 0.25) is 0 Å². The minimum absolute atomic E-state index is 0.279. The lowest BCUT2D eigenvalue weighted by molar-refractivity contribution is 0.283. The number of para-hydroxylation sites is 2. The molecule has 1 heterocycles. The van der Waals surface area contributed by atoms with Gasteiger partial charge >= 0.3 is 0 Å². The van der Waals surface area contributed by atoms with Gasteiger partial charge in [0.1, 0.15) is 0 Å². The number of aromatic nitrogens is 1. The molecule has 0 amide bonds. The molecule has 0 fully saturated rings. The van der Waals surface area contributed by atoms with Crippen LogP contribution >= 0.6 is 0 Å². The van der Waals surface area contributed by atoms with Crippen molar-refractivity contribution in [3.8, 4) is 0 Å². The summed E-state index contributed by atoms with van der Waals surface area (Å²) in [4.78, 5) is 4.72. The summed E-state index contributed by atoms with van der Waals surface area (Å²) in [5.41, 5.74) is 3.21. The summed E-state index contributed by atoms with van der Waals surface area (Å²) >= 11 is 0. The molecule has 3 aromatic rings. The van der Waals surface area contributed by atoms with Gasteiger partial charge in [0.2, 0.25) is 0 Å². The molecule has 0 unspecified atom stereocenters. The Bertz CT molecular complexity index is 685. The molecule has 3 nitrogen and oxygen atoms in total. The third kappa shape index (κ3) is 2.98. The maximum absolute atomic E-state index is 8.84. The van der Waals surface area contributed by atoms with E-state index in [0.717, 1.165) is 36.8 Å². The molecule has 108 valence electrons. The second-order valence-corrected chi connectivity index (χ2v) is 5.23. The van der Waals surface area contributed by atoms with Crippen molar-refractivity contribution in [2.45, 2.75) is 19.3 Å². The first-order valence-corrected chi connectivity index (χ1v) is 7.52. The molecule has 2 aromatic carbocycles. The minimum Gasteiger partial charge on any atom is -0.396 e. The first-order chi connectivity index (χ1) is 10.4. The normalized spacial score (nSPS) is 11.1. The quantitative estimate of drug-likeness (QED) is 0.530. The Kier molecular flexibility index (Phi) is 4.31. The summed E-state index contributed by atoms with van der Waals surface area (Å²) in [6.45, 7) is 1.19. The van der Waals surface area contributed by atoms with Crippen molar-refractivity contribution in [1.82, 2.24) is 4.98 Å². The van der Waals surface area contributed by atoms with Crippen molar-refractivity contribution < 1.29 is 5.11 Å². The van der Waals surface area contributed by atoms with Gasteiger partial charge in [-0.15, -0.1) is 0 Å². The first-order valence-electron chi connectivity index (χ1n) is 7.52. The van der Waals surface area contributed by atoms with E-state index in [9.17, 15) is 0 Å². The highest BCUT2D eigenvalue weighted by atomic mass is 16.2. The largest absolute Gasteiger partial charge is 0.396 e. The second-order valence-electron chi connectivity index (χ2n) is 5.23. The second kappa shape index (κ2) is 6.55. The van der Waals surface area contributed by atoms with Gasteiger partial charge in [0.05, 0.1) is 16.7 Å². The molecule has 0 aliphatic rings. The Hall–Kier alpha value is -2.13. The summed E-state index contributed by atoms with van der Waals surface area (Å²) in [6, 6.07) is 16.5. The Morgan fingerprint density at radius 3 is 2.05 bits per heavy atom. The Morgan fingerprint density at radius 2 is 1.43 bits per heavy atom. The zero-order chi connectivity index (χ0) is 14.5. The van der Waals surface area contributed by atoms with Crippen LogP contribution in [-0.2, 0) is 0 Å². The molecule has 2 N–H and O–H groups in total. The zero-order valence-electron chi connectivity index (χ0n) is 12.0. The van der Waals surface area contributed by atoms with E-state index in [0.29, 0.717) is 0 Å². The minimum atomic E-state index is 0.279. The molecule has 0 aliphatic heterocycles. The molecule has 0 saturated heterocycles. The standard InChI is InChI=1S/C18H20N2O/c21-13-7-1-6-12-19-18-14-8-2-4-10-16(14)20-17-11-5-3-9-15(17)18/h2-5,8-11,21H,1,6-7,12-13H2,(H,19,20). The highest BCUT2D eigenvalue weighted by Gasteiger charge is 2.07. The van der Waals surface area contributed by atoms with Crippen LogP contribution in [0.25, 0.3) is 21.8 Å². The molecular weight excluding hydrogens is 260 g/mol. The number of aliphatic hydroxyl groups is 1. The number of unbranched alkanes of at least 4 members (excludes halogenated alkanes) is 2. The van der Waals surface area contributed by atoms with Gasteiger partial charge in [0.15, 0.2) is 0 Å². The van der Waals surface area contributed by atoms with E-state index in [1.54, 1.807) is 0 Å². The van der Waals surface area contributed by atoms with E-state index in [4.69, 9.17) is 10.1 Å². The molecule has 3 rings (SSSR count). The van der Waals surface area contributed by atoms with Gasteiger partial charge in [0.25, 0.3) is 0 Å². The highest BCUT2D eigenvalue weighted by molar-refractivity contribution is 6.07. The Morgan fingerprint density at radius 1 is 0.810 bits per heavy atom. The third-order valence-electron chi connectivity index (χ3n) is 3.72. The molecule has 0 saturated carbocycles. The highest BCUT2D eigenvalue weighted by Crippen LogP contribution is 2.30. The molecule has 0 bridgehead atoms. The molecular formula is C18H20N2O. The van der Waals surface area contributed by atoms with Crippen LogP contribution in [0.3, 0.4) is 0 Å².